The Kier molecular flexibility index (Phi) is 3.82. The first-order valence-corrected chi connectivity index (χ1v) is 8.58. The van der Waals surface area contributed by atoms with Gasteiger partial charge in [0.25, 0.3) is 0 Å². The number of imide groups is 1. The molecule has 132 valence electrons. The molecule has 4 rings (SSSR count). The quantitative estimate of drug-likeness (QED) is 0.850. The molecule has 1 aliphatic carbocycles. The van der Waals surface area contributed by atoms with Crippen LogP contribution >= 0.6 is 0 Å². The van der Waals surface area contributed by atoms with Crippen molar-refractivity contribution in [2.75, 3.05) is 29.4 Å². The minimum absolute atomic E-state index is 0.177. The molecule has 8 nitrogen and oxygen atoms in total. The highest BCUT2D eigenvalue weighted by atomic mass is 16.4. The lowest BCUT2D eigenvalue weighted by molar-refractivity contribution is -0.144. The SMILES string of the molecule is O=C1CCN(c2ccc(N3CC4CCC(C3)C4C(=O)O)nc2)C(=O)N1. The van der Waals surface area contributed by atoms with Crippen LogP contribution in [0, 0.1) is 17.8 Å². The largest absolute Gasteiger partial charge is 0.481 e. The van der Waals surface area contributed by atoms with Gasteiger partial charge in [0.05, 0.1) is 17.8 Å². The van der Waals surface area contributed by atoms with Crippen LogP contribution in [-0.2, 0) is 9.59 Å². The third-order valence-corrected chi connectivity index (χ3v) is 5.54. The van der Waals surface area contributed by atoms with Crippen molar-refractivity contribution in [3.05, 3.63) is 18.3 Å². The van der Waals surface area contributed by atoms with Crippen LogP contribution in [0.3, 0.4) is 0 Å². The summed E-state index contributed by atoms with van der Waals surface area (Å²) in [4.78, 5) is 42.7. The zero-order valence-corrected chi connectivity index (χ0v) is 13.7. The van der Waals surface area contributed by atoms with Crippen LogP contribution in [0.1, 0.15) is 19.3 Å². The summed E-state index contributed by atoms with van der Waals surface area (Å²) >= 11 is 0. The van der Waals surface area contributed by atoms with Gasteiger partial charge in [-0.05, 0) is 36.8 Å². The molecule has 0 aromatic carbocycles. The first-order chi connectivity index (χ1) is 12.0. The van der Waals surface area contributed by atoms with Crippen LogP contribution in [0.25, 0.3) is 0 Å². The van der Waals surface area contributed by atoms with Crippen LogP contribution in [0.15, 0.2) is 18.3 Å². The Morgan fingerprint density at radius 3 is 2.48 bits per heavy atom. The molecule has 8 heteroatoms. The highest BCUT2D eigenvalue weighted by molar-refractivity contribution is 6.05. The maximum Gasteiger partial charge on any atom is 0.328 e. The molecule has 2 N–H and O–H groups in total. The van der Waals surface area contributed by atoms with Gasteiger partial charge in [-0.2, -0.15) is 0 Å². The molecule has 2 atom stereocenters. The van der Waals surface area contributed by atoms with E-state index in [9.17, 15) is 19.5 Å². The highest BCUT2D eigenvalue weighted by Gasteiger charge is 2.46. The van der Waals surface area contributed by atoms with E-state index >= 15 is 0 Å². The van der Waals surface area contributed by atoms with Crippen molar-refractivity contribution in [1.82, 2.24) is 10.3 Å². The Labute approximate surface area is 144 Å². The van der Waals surface area contributed by atoms with E-state index in [2.05, 4.69) is 15.2 Å². The van der Waals surface area contributed by atoms with Gasteiger partial charge in [-0.15, -0.1) is 0 Å². The van der Waals surface area contributed by atoms with Gasteiger partial charge in [-0.3, -0.25) is 19.8 Å². The van der Waals surface area contributed by atoms with Gasteiger partial charge in [-0.25, -0.2) is 9.78 Å². The Morgan fingerprint density at radius 2 is 1.92 bits per heavy atom. The number of pyridine rings is 1. The number of amides is 3. The number of urea groups is 1. The second kappa shape index (κ2) is 6.02. The number of carbonyl (C=O) groups is 3. The molecule has 1 aromatic rings. The minimum atomic E-state index is -0.680. The third kappa shape index (κ3) is 2.81. The van der Waals surface area contributed by atoms with Crippen molar-refractivity contribution in [2.24, 2.45) is 17.8 Å². The number of anilines is 2. The molecule has 1 aromatic heterocycles. The number of carboxylic acids is 1. The predicted octanol–water partition coefficient (Wildman–Crippen LogP) is 1.07. The summed E-state index contributed by atoms with van der Waals surface area (Å²) in [5.74, 6) is -0.0139. The molecule has 3 heterocycles. The number of hydrogen-bond acceptors (Lipinski definition) is 5. The summed E-state index contributed by atoms with van der Waals surface area (Å²) in [6.45, 7) is 1.76. The van der Waals surface area contributed by atoms with Crippen molar-refractivity contribution in [3.63, 3.8) is 0 Å². The summed E-state index contributed by atoms with van der Waals surface area (Å²) in [6, 6.07) is 3.26. The average molecular weight is 344 g/mol. The number of nitrogens with zero attached hydrogens (tertiary/aromatic N) is 3. The number of carboxylic acid groups (broad SMARTS) is 1. The number of rotatable bonds is 3. The van der Waals surface area contributed by atoms with Gasteiger partial charge in [0, 0.05) is 26.1 Å². The van der Waals surface area contributed by atoms with Crippen LogP contribution < -0.4 is 15.1 Å². The van der Waals surface area contributed by atoms with E-state index in [0.717, 1.165) is 18.7 Å². The van der Waals surface area contributed by atoms with Gasteiger partial charge >= 0.3 is 12.0 Å². The standard InChI is InChI=1S/C17H20N4O4/c22-14-5-6-21(17(25)19-14)12-3-4-13(18-7-12)20-8-10-1-2-11(9-20)15(10)16(23)24/h3-4,7,10-11,15H,1-2,5-6,8-9H2,(H,23,24)(H,19,22,25). The number of aromatic nitrogens is 1. The van der Waals surface area contributed by atoms with Crippen molar-refractivity contribution in [1.29, 1.82) is 0 Å². The second-order valence-electron chi connectivity index (χ2n) is 7.00. The number of piperidine rings is 1. The Hall–Kier alpha value is -2.64. The van der Waals surface area contributed by atoms with Crippen molar-refractivity contribution in [2.45, 2.75) is 19.3 Å². The first-order valence-electron chi connectivity index (χ1n) is 8.58. The molecule has 0 radical (unpaired) electrons. The van der Waals surface area contributed by atoms with Crippen molar-refractivity contribution < 1.29 is 19.5 Å². The molecule has 2 unspecified atom stereocenters. The van der Waals surface area contributed by atoms with Crippen LogP contribution in [-0.4, -0.2) is 47.6 Å². The maximum absolute atomic E-state index is 11.9. The Bertz CT molecular complexity index is 706. The van der Waals surface area contributed by atoms with Crippen LogP contribution in [0.4, 0.5) is 16.3 Å². The highest BCUT2D eigenvalue weighted by Crippen LogP contribution is 2.43. The summed E-state index contributed by atoms with van der Waals surface area (Å²) < 4.78 is 0. The molecule has 25 heavy (non-hydrogen) atoms. The fourth-order valence-electron chi connectivity index (χ4n) is 4.35. The molecule has 3 fully saturated rings. The smallest absolute Gasteiger partial charge is 0.328 e. The van der Waals surface area contributed by atoms with E-state index in [1.54, 1.807) is 6.20 Å². The zero-order chi connectivity index (χ0) is 17.6. The molecule has 1 saturated carbocycles. The number of aliphatic carboxylic acids is 1. The zero-order valence-electron chi connectivity index (χ0n) is 13.7. The summed E-state index contributed by atoms with van der Waals surface area (Å²) in [5, 5.41) is 11.7. The second-order valence-corrected chi connectivity index (χ2v) is 7.00. The van der Waals surface area contributed by atoms with Crippen LogP contribution in [0.2, 0.25) is 0 Å². The van der Waals surface area contributed by atoms with E-state index in [0.29, 0.717) is 25.3 Å². The molecule has 2 bridgehead atoms. The lowest BCUT2D eigenvalue weighted by atomic mass is 9.85. The molecule has 2 aliphatic heterocycles. The lowest BCUT2D eigenvalue weighted by Gasteiger charge is -2.37. The number of nitrogens with one attached hydrogen (secondary N) is 1. The summed E-state index contributed by atoms with van der Waals surface area (Å²) in [5.41, 5.74) is 0.650. The molecule has 2 saturated heterocycles. The monoisotopic (exact) mass is 344 g/mol. The number of hydrogen-bond donors (Lipinski definition) is 2. The van der Waals surface area contributed by atoms with E-state index in [1.807, 2.05) is 12.1 Å². The summed E-state index contributed by atoms with van der Waals surface area (Å²) in [6.07, 6.45) is 3.83. The van der Waals surface area contributed by atoms with Gasteiger partial charge in [0.15, 0.2) is 0 Å². The Balaban J connectivity index is 1.47. The van der Waals surface area contributed by atoms with E-state index in [-0.39, 0.29) is 30.1 Å². The van der Waals surface area contributed by atoms with Gasteiger partial charge < -0.3 is 10.0 Å². The fourth-order valence-corrected chi connectivity index (χ4v) is 4.35. The number of carbonyl (C=O) groups excluding carboxylic acids is 2. The van der Waals surface area contributed by atoms with E-state index in [4.69, 9.17) is 0 Å². The molecule has 0 spiro atoms. The number of fused-ring (bicyclic) bond motifs is 2. The normalized spacial score (nSPS) is 28.9. The topological polar surface area (TPSA) is 103 Å². The maximum atomic E-state index is 11.9. The van der Waals surface area contributed by atoms with E-state index < -0.39 is 12.0 Å². The lowest BCUT2D eigenvalue weighted by Crippen LogP contribution is -2.49. The predicted molar refractivity (Wildman–Crippen MR) is 89.3 cm³/mol. The summed E-state index contributed by atoms with van der Waals surface area (Å²) in [7, 11) is 0. The van der Waals surface area contributed by atoms with Crippen molar-refractivity contribution >= 4 is 29.4 Å². The Morgan fingerprint density at radius 1 is 1.20 bits per heavy atom. The van der Waals surface area contributed by atoms with Gasteiger partial charge in [0.2, 0.25) is 5.91 Å². The van der Waals surface area contributed by atoms with Crippen molar-refractivity contribution in [3.8, 4) is 0 Å². The molecule has 3 aliphatic rings. The van der Waals surface area contributed by atoms with Gasteiger partial charge in [0.1, 0.15) is 5.82 Å². The van der Waals surface area contributed by atoms with Crippen LogP contribution in [0.5, 0.6) is 0 Å². The molecular formula is C17H20N4O4. The fraction of sp³-hybridized carbons (Fsp3) is 0.529. The average Bonchev–Trinajstić information content (AvgIpc) is 2.86. The van der Waals surface area contributed by atoms with E-state index in [1.165, 1.54) is 4.90 Å². The molecular weight excluding hydrogens is 324 g/mol. The molecule has 3 amide bonds. The third-order valence-electron chi connectivity index (χ3n) is 5.54. The first kappa shape index (κ1) is 15.9. The minimum Gasteiger partial charge on any atom is -0.481 e. The van der Waals surface area contributed by atoms with Gasteiger partial charge in [-0.1, -0.05) is 0 Å².